The molecule has 2 aliphatic rings. The number of ether oxygens (including phenoxy) is 3. The fourth-order valence-electron chi connectivity index (χ4n) is 2.61. The molecule has 0 spiro atoms. The van der Waals surface area contributed by atoms with Crippen molar-refractivity contribution >= 4 is 34.9 Å². The van der Waals surface area contributed by atoms with Crippen LogP contribution in [0, 0.1) is 0 Å². The number of hydrogen-bond donors (Lipinski definition) is 1. The first-order valence-corrected chi connectivity index (χ1v) is 9.34. The van der Waals surface area contributed by atoms with Gasteiger partial charge in [-0.15, -0.1) is 0 Å². The van der Waals surface area contributed by atoms with E-state index in [4.69, 9.17) is 14.2 Å². The fraction of sp³-hybridized carbons (Fsp3) is 0.389. The molecular formula is C18H20N2O6S. The minimum atomic E-state index is -0.504. The third kappa shape index (κ3) is 4.19. The summed E-state index contributed by atoms with van der Waals surface area (Å²) in [5.74, 6) is 0.726. The Morgan fingerprint density at radius 3 is 2.78 bits per heavy atom. The second-order valence-electron chi connectivity index (χ2n) is 5.92. The molecule has 3 rings (SSSR count). The standard InChI is InChI=1S/C18H20N2O6S/c1-3-4-5-19-16(21)9-20-17(22)15(27-18(20)23)7-11-6-13-14(26-10-25-13)8-12(11)24-2/h6-8H,3-5,9-10H2,1-2H3,(H,19,21)/b15-7-. The average Bonchev–Trinajstić information content (AvgIpc) is 3.20. The molecule has 0 unspecified atom stereocenters. The van der Waals surface area contributed by atoms with Gasteiger partial charge in [0.05, 0.1) is 12.0 Å². The maximum atomic E-state index is 12.6. The molecule has 1 saturated heterocycles. The van der Waals surface area contributed by atoms with Gasteiger partial charge in [0.2, 0.25) is 12.7 Å². The van der Waals surface area contributed by atoms with Crippen LogP contribution in [-0.2, 0) is 9.59 Å². The zero-order chi connectivity index (χ0) is 19.4. The van der Waals surface area contributed by atoms with E-state index in [1.54, 1.807) is 18.2 Å². The highest BCUT2D eigenvalue weighted by atomic mass is 32.2. The Bertz CT molecular complexity index is 807. The lowest BCUT2D eigenvalue weighted by Crippen LogP contribution is -2.39. The van der Waals surface area contributed by atoms with Crippen molar-refractivity contribution in [2.45, 2.75) is 19.8 Å². The minimum Gasteiger partial charge on any atom is -0.496 e. The summed E-state index contributed by atoms with van der Waals surface area (Å²) >= 11 is 0.790. The molecule has 0 bridgehead atoms. The van der Waals surface area contributed by atoms with Crippen molar-refractivity contribution in [3.05, 3.63) is 22.6 Å². The second kappa shape index (κ2) is 8.34. The van der Waals surface area contributed by atoms with E-state index in [0.29, 0.717) is 29.4 Å². The fourth-order valence-corrected chi connectivity index (χ4v) is 3.44. The first-order valence-electron chi connectivity index (χ1n) is 8.53. The number of imide groups is 1. The van der Waals surface area contributed by atoms with Gasteiger partial charge in [0, 0.05) is 18.2 Å². The molecule has 0 saturated carbocycles. The van der Waals surface area contributed by atoms with Gasteiger partial charge in [-0.05, 0) is 30.3 Å². The van der Waals surface area contributed by atoms with Gasteiger partial charge in [-0.1, -0.05) is 13.3 Å². The molecule has 0 aliphatic carbocycles. The Balaban J connectivity index is 1.76. The molecule has 2 aliphatic heterocycles. The van der Waals surface area contributed by atoms with Gasteiger partial charge in [0.15, 0.2) is 11.5 Å². The first-order chi connectivity index (χ1) is 13.0. The lowest BCUT2D eigenvalue weighted by molar-refractivity contribution is -0.129. The first kappa shape index (κ1) is 19.1. The highest BCUT2D eigenvalue weighted by Gasteiger charge is 2.36. The third-order valence-corrected chi connectivity index (χ3v) is 4.95. The van der Waals surface area contributed by atoms with Crippen molar-refractivity contribution in [3.8, 4) is 17.2 Å². The third-order valence-electron chi connectivity index (χ3n) is 4.04. The van der Waals surface area contributed by atoms with Gasteiger partial charge in [0.1, 0.15) is 12.3 Å². The number of thioether (sulfide) groups is 1. The molecule has 1 aromatic carbocycles. The monoisotopic (exact) mass is 392 g/mol. The molecule has 1 N–H and O–H groups in total. The lowest BCUT2D eigenvalue weighted by atomic mass is 10.1. The van der Waals surface area contributed by atoms with Crippen molar-refractivity contribution in [2.24, 2.45) is 0 Å². The largest absolute Gasteiger partial charge is 0.496 e. The number of hydrogen-bond acceptors (Lipinski definition) is 7. The number of nitrogens with zero attached hydrogens (tertiary/aromatic N) is 1. The van der Waals surface area contributed by atoms with Crippen LogP contribution in [0.5, 0.6) is 17.2 Å². The Hall–Kier alpha value is -2.68. The highest BCUT2D eigenvalue weighted by molar-refractivity contribution is 8.18. The number of nitrogens with one attached hydrogen (secondary N) is 1. The summed E-state index contributed by atoms with van der Waals surface area (Å²) in [5, 5.41) is 2.22. The SMILES string of the molecule is CCCCNC(=O)CN1C(=O)S/C(=C\c2cc3c(cc2OC)OCO3)C1=O. The van der Waals surface area contributed by atoms with Crippen molar-refractivity contribution in [2.75, 3.05) is 27.0 Å². The second-order valence-corrected chi connectivity index (χ2v) is 6.91. The van der Waals surface area contributed by atoms with Crippen LogP contribution < -0.4 is 19.5 Å². The molecule has 3 amide bonds. The van der Waals surface area contributed by atoms with Crippen LogP contribution in [0.3, 0.4) is 0 Å². The van der Waals surface area contributed by atoms with E-state index in [-0.39, 0.29) is 24.2 Å². The molecule has 8 nitrogen and oxygen atoms in total. The number of rotatable bonds is 7. The molecule has 0 radical (unpaired) electrons. The molecule has 2 heterocycles. The van der Waals surface area contributed by atoms with Crippen LogP contribution in [0.15, 0.2) is 17.0 Å². The van der Waals surface area contributed by atoms with E-state index in [1.807, 2.05) is 6.92 Å². The average molecular weight is 392 g/mol. The van der Waals surface area contributed by atoms with Gasteiger partial charge >= 0.3 is 0 Å². The van der Waals surface area contributed by atoms with Crippen LogP contribution in [0.25, 0.3) is 6.08 Å². The molecule has 144 valence electrons. The summed E-state index contributed by atoms with van der Waals surface area (Å²) < 4.78 is 16.0. The molecule has 0 atom stereocenters. The van der Waals surface area contributed by atoms with E-state index in [1.165, 1.54) is 7.11 Å². The molecule has 1 fully saturated rings. The van der Waals surface area contributed by atoms with Crippen molar-refractivity contribution < 1.29 is 28.6 Å². The zero-order valence-electron chi connectivity index (χ0n) is 15.1. The molecule has 9 heteroatoms. The number of carbonyl (C=O) groups is 3. The number of benzene rings is 1. The minimum absolute atomic E-state index is 0.117. The number of amides is 3. The topological polar surface area (TPSA) is 94.2 Å². The summed E-state index contributed by atoms with van der Waals surface area (Å²) in [6.45, 7) is 2.36. The zero-order valence-corrected chi connectivity index (χ0v) is 15.9. The molecule has 1 aromatic rings. The maximum Gasteiger partial charge on any atom is 0.294 e. The smallest absolute Gasteiger partial charge is 0.294 e. The summed E-state index contributed by atoms with van der Waals surface area (Å²) in [7, 11) is 1.50. The number of carbonyl (C=O) groups excluding carboxylic acids is 3. The summed E-state index contributed by atoms with van der Waals surface area (Å²) in [5.41, 5.74) is 0.583. The van der Waals surface area contributed by atoms with Crippen molar-refractivity contribution in [1.82, 2.24) is 10.2 Å². The van der Waals surface area contributed by atoms with E-state index < -0.39 is 11.1 Å². The number of methoxy groups -OCH3 is 1. The highest BCUT2D eigenvalue weighted by Crippen LogP contribution is 2.40. The number of unbranched alkanes of at least 4 members (excludes halogenated alkanes) is 1. The van der Waals surface area contributed by atoms with Crippen LogP contribution in [0.4, 0.5) is 4.79 Å². The normalized spacial score (nSPS) is 17.0. The lowest BCUT2D eigenvalue weighted by Gasteiger charge is -2.12. The Morgan fingerprint density at radius 1 is 1.33 bits per heavy atom. The molecular weight excluding hydrogens is 372 g/mol. The summed E-state index contributed by atoms with van der Waals surface area (Å²) in [6, 6.07) is 3.35. The Morgan fingerprint density at radius 2 is 2.07 bits per heavy atom. The van der Waals surface area contributed by atoms with E-state index in [9.17, 15) is 14.4 Å². The predicted molar refractivity (Wildman–Crippen MR) is 99.7 cm³/mol. The van der Waals surface area contributed by atoms with Gasteiger partial charge in [-0.3, -0.25) is 19.3 Å². The van der Waals surface area contributed by atoms with Crippen LogP contribution >= 0.6 is 11.8 Å². The van der Waals surface area contributed by atoms with Crippen LogP contribution in [0.2, 0.25) is 0 Å². The quantitative estimate of drug-likeness (QED) is 0.562. The maximum absolute atomic E-state index is 12.6. The van der Waals surface area contributed by atoms with Gasteiger partial charge < -0.3 is 19.5 Å². The predicted octanol–water partition coefficient (Wildman–Crippen LogP) is 2.38. The Labute approximate surface area is 160 Å². The van der Waals surface area contributed by atoms with E-state index >= 15 is 0 Å². The van der Waals surface area contributed by atoms with Crippen molar-refractivity contribution in [3.63, 3.8) is 0 Å². The van der Waals surface area contributed by atoms with E-state index in [2.05, 4.69) is 5.32 Å². The molecule has 27 heavy (non-hydrogen) atoms. The summed E-state index contributed by atoms with van der Waals surface area (Å²) in [4.78, 5) is 37.8. The molecule has 0 aromatic heterocycles. The van der Waals surface area contributed by atoms with Gasteiger partial charge in [-0.25, -0.2) is 0 Å². The van der Waals surface area contributed by atoms with Gasteiger partial charge in [0.25, 0.3) is 11.1 Å². The summed E-state index contributed by atoms with van der Waals surface area (Å²) in [6.07, 6.45) is 3.35. The van der Waals surface area contributed by atoms with Crippen LogP contribution in [-0.4, -0.2) is 48.9 Å². The van der Waals surface area contributed by atoms with Crippen molar-refractivity contribution in [1.29, 1.82) is 0 Å². The van der Waals surface area contributed by atoms with Crippen LogP contribution in [0.1, 0.15) is 25.3 Å². The number of fused-ring (bicyclic) bond motifs is 1. The Kier molecular flexibility index (Phi) is 5.90. The van der Waals surface area contributed by atoms with E-state index in [0.717, 1.165) is 29.5 Å². The van der Waals surface area contributed by atoms with Gasteiger partial charge in [-0.2, -0.15) is 0 Å².